The van der Waals surface area contributed by atoms with Crippen molar-refractivity contribution in [3.8, 4) is 50.2 Å². The lowest BCUT2D eigenvalue weighted by Gasteiger charge is -2.29. The van der Waals surface area contributed by atoms with Crippen LogP contribution in [0.1, 0.15) is 0 Å². The molecule has 314 valence electrons. The Bertz CT molecular complexity index is 3990. The van der Waals surface area contributed by atoms with E-state index in [0.29, 0.717) is 0 Å². The summed E-state index contributed by atoms with van der Waals surface area (Å²) in [5, 5.41) is 7.11. The van der Waals surface area contributed by atoms with Crippen LogP contribution in [0.15, 0.2) is 259 Å². The Morgan fingerprint density at radius 2 is 0.881 bits per heavy atom. The average Bonchev–Trinajstić information content (AvgIpc) is 3.96. The van der Waals surface area contributed by atoms with Crippen LogP contribution in [0.5, 0.6) is 0 Å². The van der Waals surface area contributed by atoms with Gasteiger partial charge in [0, 0.05) is 55.3 Å². The highest BCUT2D eigenvalue weighted by Crippen LogP contribution is 2.47. The van der Waals surface area contributed by atoms with Gasteiger partial charge in [0.1, 0.15) is 11.2 Å². The highest BCUT2D eigenvalue weighted by Gasteiger charge is 2.23. The molecule has 0 aliphatic rings. The SMILES string of the molecule is c1ccc(-c2cccc3cccc(-c4ccccc4N(c4cccc(-c5cccc6c5oc5ccccc56)c4)c4cccc(-c5cccc6c7ccccc7n(-c7ccccc7)c56)c4)c23)cc1. The van der Waals surface area contributed by atoms with Crippen molar-refractivity contribution in [3.05, 3.63) is 255 Å². The molecule has 13 rings (SSSR count). The number of hydrogen-bond acceptors (Lipinski definition) is 2. The third-order valence-electron chi connectivity index (χ3n) is 13.4. The molecule has 0 bridgehead atoms. The zero-order valence-corrected chi connectivity index (χ0v) is 36.6. The van der Waals surface area contributed by atoms with Crippen molar-refractivity contribution in [3.63, 3.8) is 0 Å². The maximum Gasteiger partial charge on any atom is 0.143 e. The molecule has 0 saturated carbocycles. The molecule has 0 amide bonds. The summed E-state index contributed by atoms with van der Waals surface area (Å²) in [6.45, 7) is 0. The van der Waals surface area contributed by atoms with Gasteiger partial charge in [-0.1, -0.05) is 200 Å². The molecular weight excluding hydrogens is 813 g/mol. The normalized spacial score (nSPS) is 11.6. The van der Waals surface area contributed by atoms with Crippen molar-refractivity contribution in [2.45, 2.75) is 0 Å². The van der Waals surface area contributed by atoms with Crippen LogP contribution in [0.3, 0.4) is 0 Å². The zero-order chi connectivity index (χ0) is 44.3. The van der Waals surface area contributed by atoms with Crippen molar-refractivity contribution >= 4 is 71.6 Å². The smallest absolute Gasteiger partial charge is 0.143 e. The Hall–Kier alpha value is -8.92. The first kappa shape index (κ1) is 38.5. The summed E-state index contributed by atoms with van der Waals surface area (Å²) in [7, 11) is 0. The van der Waals surface area contributed by atoms with Crippen molar-refractivity contribution < 1.29 is 4.42 Å². The number of rotatable bonds is 8. The molecule has 0 spiro atoms. The zero-order valence-electron chi connectivity index (χ0n) is 36.6. The first-order valence-corrected chi connectivity index (χ1v) is 22.9. The van der Waals surface area contributed by atoms with E-state index >= 15 is 0 Å². The average molecular weight is 855 g/mol. The second kappa shape index (κ2) is 16.0. The summed E-state index contributed by atoms with van der Waals surface area (Å²) in [4.78, 5) is 2.44. The lowest BCUT2D eigenvalue weighted by molar-refractivity contribution is 0.670. The summed E-state index contributed by atoms with van der Waals surface area (Å²) >= 11 is 0. The molecule has 3 nitrogen and oxygen atoms in total. The van der Waals surface area contributed by atoms with E-state index in [-0.39, 0.29) is 0 Å². The molecule has 0 atom stereocenters. The highest BCUT2D eigenvalue weighted by molar-refractivity contribution is 6.14. The molecule has 11 aromatic carbocycles. The molecule has 13 aromatic rings. The molecule has 0 fully saturated rings. The summed E-state index contributed by atoms with van der Waals surface area (Å²) < 4.78 is 9.04. The van der Waals surface area contributed by atoms with Crippen LogP contribution >= 0.6 is 0 Å². The first-order chi connectivity index (χ1) is 33.3. The quantitative estimate of drug-likeness (QED) is 0.152. The maximum atomic E-state index is 6.62. The fourth-order valence-electron chi connectivity index (χ4n) is 10.4. The van der Waals surface area contributed by atoms with Gasteiger partial charge in [-0.25, -0.2) is 0 Å². The van der Waals surface area contributed by atoms with E-state index in [1.165, 1.54) is 54.8 Å². The van der Waals surface area contributed by atoms with Gasteiger partial charge in [-0.15, -0.1) is 0 Å². The van der Waals surface area contributed by atoms with E-state index < -0.39 is 0 Å². The molecule has 0 aliphatic heterocycles. The second-order valence-corrected chi connectivity index (χ2v) is 17.2. The number of benzene rings is 11. The van der Waals surface area contributed by atoms with Crippen LogP contribution in [0.2, 0.25) is 0 Å². The number of fused-ring (bicyclic) bond motifs is 7. The van der Waals surface area contributed by atoms with E-state index in [9.17, 15) is 0 Å². The number of para-hydroxylation sites is 6. The van der Waals surface area contributed by atoms with E-state index in [2.05, 4.69) is 258 Å². The Kier molecular flexibility index (Phi) is 9.17. The van der Waals surface area contributed by atoms with Crippen molar-refractivity contribution in [2.75, 3.05) is 4.90 Å². The van der Waals surface area contributed by atoms with Gasteiger partial charge in [0.25, 0.3) is 0 Å². The van der Waals surface area contributed by atoms with Gasteiger partial charge in [0.2, 0.25) is 0 Å². The van der Waals surface area contributed by atoms with Gasteiger partial charge in [-0.05, 0) is 93.2 Å². The molecular formula is C64H42N2O. The van der Waals surface area contributed by atoms with E-state index in [0.717, 1.165) is 66.9 Å². The predicted octanol–water partition coefficient (Wildman–Crippen LogP) is 18.0. The Balaban J connectivity index is 1.06. The van der Waals surface area contributed by atoms with Gasteiger partial charge in [0.15, 0.2) is 0 Å². The molecule has 0 N–H and O–H groups in total. The number of nitrogens with zero attached hydrogens (tertiary/aromatic N) is 2. The summed E-state index contributed by atoms with van der Waals surface area (Å²) in [5.74, 6) is 0. The Morgan fingerprint density at radius 3 is 1.67 bits per heavy atom. The molecule has 0 radical (unpaired) electrons. The molecule has 2 aromatic heterocycles. The van der Waals surface area contributed by atoms with Crippen LogP contribution in [-0.2, 0) is 0 Å². The summed E-state index contributed by atoms with van der Waals surface area (Å²) in [6, 6.07) is 92.0. The van der Waals surface area contributed by atoms with Gasteiger partial charge in [0.05, 0.1) is 16.7 Å². The minimum absolute atomic E-state index is 0.889. The lowest BCUT2D eigenvalue weighted by Crippen LogP contribution is -2.11. The van der Waals surface area contributed by atoms with Gasteiger partial charge < -0.3 is 13.9 Å². The number of anilines is 3. The number of furan rings is 1. The molecule has 0 saturated heterocycles. The van der Waals surface area contributed by atoms with Gasteiger partial charge >= 0.3 is 0 Å². The fraction of sp³-hybridized carbons (Fsp3) is 0. The third-order valence-corrected chi connectivity index (χ3v) is 13.4. The summed E-state index contributed by atoms with van der Waals surface area (Å²) in [5.41, 5.74) is 17.6. The van der Waals surface area contributed by atoms with Crippen LogP contribution in [0.25, 0.3) is 105 Å². The van der Waals surface area contributed by atoms with Gasteiger partial charge in [-0.3, -0.25) is 0 Å². The van der Waals surface area contributed by atoms with Crippen LogP contribution in [0.4, 0.5) is 17.1 Å². The molecule has 0 aliphatic carbocycles. The second-order valence-electron chi connectivity index (χ2n) is 17.2. The standard InChI is InChI=1S/C64H42N2O/c1-3-19-43(20-4-1)50-32-15-21-44-22-16-35-56(62(44)50)53-29-7-10-38-59(53)65(49-28-14-24-46(42-49)52-34-18-37-58-55-31-9-12-40-61(55)67-64(52)58)48-27-13-23-45(41-48)51-33-17-36-57-54-30-8-11-39-60(54)66(63(51)57)47-25-5-2-6-26-47/h1-42H. The van der Waals surface area contributed by atoms with Gasteiger partial charge in [-0.2, -0.15) is 0 Å². The van der Waals surface area contributed by atoms with E-state index in [4.69, 9.17) is 4.42 Å². The van der Waals surface area contributed by atoms with Crippen LogP contribution in [0, 0.1) is 0 Å². The van der Waals surface area contributed by atoms with Crippen molar-refractivity contribution in [2.24, 2.45) is 0 Å². The maximum absolute atomic E-state index is 6.62. The minimum atomic E-state index is 0.889. The number of hydrogen-bond donors (Lipinski definition) is 0. The van der Waals surface area contributed by atoms with E-state index in [1.807, 2.05) is 6.07 Å². The third kappa shape index (κ3) is 6.43. The largest absolute Gasteiger partial charge is 0.455 e. The monoisotopic (exact) mass is 854 g/mol. The molecule has 67 heavy (non-hydrogen) atoms. The van der Waals surface area contributed by atoms with Crippen LogP contribution in [-0.4, -0.2) is 4.57 Å². The fourth-order valence-corrected chi connectivity index (χ4v) is 10.4. The van der Waals surface area contributed by atoms with Crippen molar-refractivity contribution in [1.29, 1.82) is 0 Å². The Morgan fingerprint density at radius 1 is 0.343 bits per heavy atom. The lowest BCUT2D eigenvalue weighted by atomic mass is 9.90. The first-order valence-electron chi connectivity index (χ1n) is 22.9. The van der Waals surface area contributed by atoms with Crippen LogP contribution < -0.4 is 4.90 Å². The van der Waals surface area contributed by atoms with E-state index in [1.54, 1.807) is 0 Å². The topological polar surface area (TPSA) is 21.3 Å². The molecule has 2 heterocycles. The summed E-state index contributed by atoms with van der Waals surface area (Å²) in [6.07, 6.45) is 0. The Labute approximate surface area is 388 Å². The molecule has 3 heteroatoms. The highest BCUT2D eigenvalue weighted by atomic mass is 16.3. The van der Waals surface area contributed by atoms with Crippen molar-refractivity contribution in [1.82, 2.24) is 4.57 Å². The molecule has 0 unspecified atom stereocenters. The minimum Gasteiger partial charge on any atom is -0.455 e. The predicted molar refractivity (Wildman–Crippen MR) is 282 cm³/mol. The number of aromatic nitrogens is 1.